The van der Waals surface area contributed by atoms with Gasteiger partial charge >= 0.3 is 0 Å². The summed E-state index contributed by atoms with van der Waals surface area (Å²) in [4.78, 5) is 28.2. The molecule has 0 unspecified atom stereocenters. The Balaban J connectivity index is 1.42. The number of amides is 2. The van der Waals surface area contributed by atoms with Crippen molar-refractivity contribution >= 4 is 23.2 Å². The van der Waals surface area contributed by atoms with E-state index in [-0.39, 0.29) is 17.9 Å². The summed E-state index contributed by atoms with van der Waals surface area (Å²) < 4.78 is 0. The quantitative estimate of drug-likeness (QED) is 0.719. The Morgan fingerprint density at radius 1 is 1.12 bits per heavy atom. The molecular weight excluding hydrogens is 344 g/mol. The molecule has 0 saturated carbocycles. The number of unbranched alkanes of at least 4 members (excludes halogenated alkanes) is 1. The van der Waals surface area contributed by atoms with Gasteiger partial charge in [0, 0.05) is 24.4 Å². The third-order valence-corrected chi connectivity index (χ3v) is 5.77. The van der Waals surface area contributed by atoms with E-state index in [9.17, 15) is 9.59 Å². The molecule has 5 heteroatoms. The van der Waals surface area contributed by atoms with Crippen LogP contribution in [0.4, 0.5) is 0 Å². The van der Waals surface area contributed by atoms with Crippen LogP contribution in [0.2, 0.25) is 0 Å². The van der Waals surface area contributed by atoms with Crippen molar-refractivity contribution in [2.24, 2.45) is 0 Å². The lowest BCUT2D eigenvalue weighted by molar-refractivity contribution is -0.138. The van der Waals surface area contributed by atoms with Gasteiger partial charge in [-0.15, -0.1) is 11.3 Å². The maximum atomic E-state index is 12.5. The second-order valence-corrected chi connectivity index (χ2v) is 7.77. The van der Waals surface area contributed by atoms with Crippen LogP contribution in [0.25, 0.3) is 0 Å². The van der Waals surface area contributed by atoms with Gasteiger partial charge in [-0.1, -0.05) is 36.4 Å². The highest BCUT2D eigenvalue weighted by atomic mass is 32.1. The van der Waals surface area contributed by atoms with E-state index in [4.69, 9.17) is 0 Å². The molecule has 1 fully saturated rings. The van der Waals surface area contributed by atoms with E-state index >= 15 is 0 Å². The largest absolute Gasteiger partial charge is 0.350 e. The molecule has 2 aromatic rings. The molecule has 1 aromatic carbocycles. The zero-order valence-electron chi connectivity index (χ0n) is 15.0. The van der Waals surface area contributed by atoms with Crippen LogP contribution in [0.5, 0.6) is 0 Å². The number of benzene rings is 1. The van der Waals surface area contributed by atoms with Crippen molar-refractivity contribution in [3.63, 3.8) is 0 Å². The smallest absolute Gasteiger partial charge is 0.243 e. The Morgan fingerprint density at radius 3 is 2.73 bits per heavy atom. The predicted octanol–water partition coefficient (Wildman–Crippen LogP) is 3.77. The highest BCUT2D eigenvalue weighted by molar-refractivity contribution is 7.09. The number of carbonyl (C=O) groups is 2. The van der Waals surface area contributed by atoms with E-state index < -0.39 is 0 Å². The van der Waals surface area contributed by atoms with E-state index in [1.807, 2.05) is 30.3 Å². The first-order valence-electron chi connectivity index (χ1n) is 9.37. The van der Waals surface area contributed by atoms with Gasteiger partial charge in [0.2, 0.25) is 11.8 Å². The minimum atomic E-state index is -0.302. The maximum Gasteiger partial charge on any atom is 0.243 e. The lowest BCUT2D eigenvalue weighted by atomic mass is 10.1. The minimum absolute atomic E-state index is 0.0294. The molecule has 1 aromatic heterocycles. The molecule has 0 radical (unpaired) electrons. The van der Waals surface area contributed by atoms with E-state index in [0.29, 0.717) is 19.5 Å². The van der Waals surface area contributed by atoms with E-state index in [1.54, 1.807) is 16.2 Å². The highest BCUT2D eigenvalue weighted by Crippen LogP contribution is 2.20. The zero-order chi connectivity index (χ0) is 18.2. The van der Waals surface area contributed by atoms with Crippen LogP contribution in [-0.4, -0.2) is 29.3 Å². The molecule has 0 bridgehead atoms. The standard InChI is InChI=1S/C21H26N2O2S/c24-20(13-5-4-10-18-11-7-15-26-18)23-14-6-12-19(23)21(25)22-16-17-8-2-1-3-9-17/h1-3,7-9,11,15,19H,4-6,10,12-14,16H2,(H,22,25)/t19-/m1/s1. The molecule has 4 nitrogen and oxygen atoms in total. The predicted molar refractivity (Wildman–Crippen MR) is 105 cm³/mol. The average molecular weight is 371 g/mol. The molecule has 1 aliphatic heterocycles. The molecule has 1 aliphatic rings. The Hall–Kier alpha value is -2.14. The van der Waals surface area contributed by atoms with Crippen LogP contribution in [0, 0.1) is 0 Å². The van der Waals surface area contributed by atoms with Crippen molar-refractivity contribution in [2.45, 2.75) is 51.1 Å². The summed E-state index contributed by atoms with van der Waals surface area (Å²) in [5, 5.41) is 5.07. The van der Waals surface area contributed by atoms with Gasteiger partial charge in [0.15, 0.2) is 0 Å². The van der Waals surface area contributed by atoms with Gasteiger partial charge in [-0.2, -0.15) is 0 Å². The fourth-order valence-electron chi connectivity index (χ4n) is 3.41. The van der Waals surface area contributed by atoms with Gasteiger partial charge in [0.1, 0.15) is 6.04 Å². The third-order valence-electron chi connectivity index (χ3n) is 4.83. The first kappa shape index (κ1) is 18.6. The molecule has 3 rings (SSSR count). The summed E-state index contributed by atoms with van der Waals surface area (Å²) in [6.07, 6.45) is 5.14. The number of hydrogen-bond donors (Lipinski definition) is 1. The maximum absolute atomic E-state index is 12.5. The summed E-state index contributed by atoms with van der Waals surface area (Å²) in [6, 6.07) is 13.8. The summed E-state index contributed by atoms with van der Waals surface area (Å²) in [5.41, 5.74) is 1.07. The van der Waals surface area contributed by atoms with Crippen molar-refractivity contribution in [2.75, 3.05) is 6.54 Å². The number of nitrogens with one attached hydrogen (secondary N) is 1. The van der Waals surface area contributed by atoms with Crippen LogP contribution in [0.1, 0.15) is 42.5 Å². The van der Waals surface area contributed by atoms with Crippen molar-refractivity contribution in [3.8, 4) is 0 Å². The Bertz CT molecular complexity index is 700. The lowest BCUT2D eigenvalue weighted by Crippen LogP contribution is -2.45. The van der Waals surface area contributed by atoms with Crippen LogP contribution in [0.3, 0.4) is 0 Å². The zero-order valence-corrected chi connectivity index (χ0v) is 15.8. The van der Waals surface area contributed by atoms with E-state index in [1.165, 1.54) is 4.88 Å². The second-order valence-electron chi connectivity index (χ2n) is 6.74. The Morgan fingerprint density at radius 2 is 1.96 bits per heavy atom. The van der Waals surface area contributed by atoms with Crippen LogP contribution >= 0.6 is 11.3 Å². The molecule has 1 atom stereocenters. The summed E-state index contributed by atoms with van der Waals surface area (Å²) in [7, 11) is 0. The molecule has 0 aliphatic carbocycles. The number of nitrogens with zero attached hydrogens (tertiary/aromatic N) is 1. The average Bonchev–Trinajstić information content (AvgIpc) is 3.35. The van der Waals surface area contributed by atoms with Crippen LogP contribution < -0.4 is 5.32 Å². The van der Waals surface area contributed by atoms with Crippen LogP contribution in [-0.2, 0) is 22.6 Å². The highest BCUT2D eigenvalue weighted by Gasteiger charge is 2.33. The number of hydrogen-bond acceptors (Lipinski definition) is 3. The van der Waals surface area contributed by atoms with Gasteiger partial charge in [-0.3, -0.25) is 9.59 Å². The first-order chi connectivity index (χ1) is 12.7. The molecule has 138 valence electrons. The first-order valence-corrected chi connectivity index (χ1v) is 10.3. The molecule has 1 saturated heterocycles. The fraction of sp³-hybridized carbons (Fsp3) is 0.429. The van der Waals surface area contributed by atoms with E-state index in [2.05, 4.69) is 22.8 Å². The molecule has 0 spiro atoms. The van der Waals surface area contributed by atoms with E-state index in [0.717, 1.165) is 37.7 Å². The van der Waals surface area contributed by atoms with Crippen molar-refractivity contribution in [1.29, 1.82) is 0 Å². The normalized spacial score (nSPS) is 16.6. The fourth-order valence-corrected chi connectivity index (χ4v) is 4.17. The monoisotopic (exact) mass is 370 g/mol. The van der Waals surface area contributed by atoms with Gasteiger partial charge in [0.25, 0.3) is 0 Å². The lowest BCUT2D eigenvalue weighted by Gasteiger charge is -2.24. The Kier molecular flexibility index (Phi) is 6.83. The summed E-state index contributed by atoms with van der Waals surface area (Å²) in [5.74, 6) is 0.0897. The molecule has 1 N–H and O–H groups in total. The Labute approximate surface area is 159 Å². The number of likely N-dealkylation sites (tertiary alicyclic amines) is 1. The molecule has 2 heterocycles. The second kappa shape index (κ2) is 9.53. The van der Waals surface area contributed by atoms with Gasteiger partial charge in [-0.05, 0) is 49.1 Å². The van der Waals surface area contributed by atoms with Gasteiger partial charge in [0.05, 0.1) is 0 Å². The van der Waals surface area contributed by atoms with Crippen molar-refractivity contribution in [1.82, 2.24) is 10.2 Å². The van der Waals surface area contributed by atoms with Gasteiger partial charge in [-0.25, -0.2) is 0 Å². The SMILES string of the molecule is O=C(NCc1ccccc1)[C@H]1CCCN1C(=O)CCCCc1cccs1. The number of carbonyl (C=O) groups excluding carboxylic acids is 2. The summed E-state index contributed by atoms with van der Waals surface area (Å²) >= 11 is 1.77. The number of rotatable bonds is 8. The molecular formula is C21H26N2O2S. The third kappa shape index (κ3) is 5.18. The minimum Gasteiger partial charge on any atom is -0.350 e. The number of aryl methyl sites for hydroxylation is 1. The topological polar surface area (TPSA) is 49.4 Å². The van der Waals surface area contributed by atoms with Crippen molar-refractivity contribution in [3.05, 3.63) is 58.3 Å². The summed E-state index contributed by atoms with van der Waals surface area (Å²) in [6.45, 7) is 1.21. The molecule has 2 amide bonds. The molecule has 26 heavy (non-hydrogen) atoms. The number of thiophene rings is 1. The van der Waals surface area contributed by atoms with Crippen molar-refractivity contribution < 1.29 is 9.59 Å². The van der Waals surface area contributed by atoms with Crippen LogP contribution in [0.15, 0.2) is 47.8 Å². The van der Waals surface area contributed by atoms with Gasteiger partial charge < -0.3 is 10.2 Å².